The van der Waals surface area contributed by atoms with Gasteiger partial charge in [0.1, 0.15) is 5.82 Å². The van der Waals surface area contributed by atoms with E-state index in [-0.39, 0.29) is 12.5 Å². The number of carbonyl (C=O) groups excluding carboxylic acids is 1. The van der Waals surface area contributed by atoms with E-state index in [1.807, 2.05) is 9.80 Å². The number of carbonyl (C=O) groups is 2. The maximum atomic E-state index is 13.0. The van der Waals surface area contributed by atoms with Gasteiger partial charge in [-0.3, -0.25) is 4.79 Å². The molecule has 0 radical (unpaired) electrons. The summed E-state index contributed by atoms with van der Waals surface area (Å²) in [6.07, 6.45) is 7.03. The second-order valence-electron chi connectivity index (χ2n) is 8.70. The molecular weight excluding hydrogens is 368 g/mol. The Morgan fingerprint density at radius 2 is 1.93 bits per heavy atom. The molecule has 4 heterocycles. The Morgan fingerprint density at radius 3 is 2.72 bits per heavy atom. The van der Waals surface area contributed by atoms with Gasteiger partial charge in [-0.25, -0.2) is 9.78 Å². The Morgan fingerprint density at radius 1 is 1.10 bits per heavy atom. The zero-order chi connectivity index (χ0) is 20.2. The Balaban J connectivity index is 1.30. The normalized spacial score (nSPS) is 22.7. The lowest BCUT2D eigenvalue weighted by Gasteiger charge is -2.39. The molecule has 3 aliphatic heterocycles. The van der Waals surface area contributed by atoms with Gasteiger partial charge in [-0.2, -0.15) is 0 Å². The van der Waals surface area contributed by atoms with E-state index >= 15 is 0 Å². The first-order chi connectivity index (χ1) is 14.1. The summed E-state index contributed by atoms with van der Waals surface area (Å²) in [6.45, 7) is 4.03. The first-order valence-corrected chi connectivity index (χ1v) is 11.1. The highest BCUT2D eigenvalue weighted by atomic mass is 16.4. The van der Waals surface area contributed by atoms with E-state index in [4.69, 9.17) is 10.1 Å². The van der Waals surface area contributed by atoms with E-state index in [1.165, 1.54) is 12.0 Å². The number of urea groups is 1. The van der Waals surface area contributed by atoms with Crippen LogP contribution in [0, 0.1) is 5.92 Å². The van der Waals surface area contributed by atoms with Crippen LogP contribution in [0.25, 0.3) is 0 Å². The van der Waals surface area contributed by atoms with E-state index in [9.17, 15) is 9.59 Å². The van der Waals surface area contributed by atoms with Crippen LogP contribution in [0.3, 0.4) is 0 Å². The van der Waals surface area contributed by atoms with Crippen LogP contribution < -0.4 is 5.32 Å². The molecule has 0 aliphatic carbocycles. The number of carboxylic acid groups (broad SMARTS) is 1. The van der Waals surface area contributed by atoms with Crippen molar-refractivity contribution < 1.29 is 14.7 Å². The highest BCUT2D eigenvalue weighted by Crippen LogP contribution is 2.31. The number of anilines is 1. The fourth-order valence-corrected chi connectivity index (χ4v) is 4.94. The van der Waals surface area contributed by atoms with Gasteiger partial charge < -0.3 is 20.2 Å². The number of hydrogen-bond acceptors (Lipinski definition) is 4. The molecule has 29 heavy (non-hydrogen) atoms. The summed E-state index contributed by atoms with van der Waals surface area (Å²) in [7, 11) is 0. The minimum atomic E-state index is -0.749. The summed E-state index contributed by atoms with van der Waals surface area (Å²) < 4.78 is 0. The Labute approximate surface area is 172 Å². The number of rotatable bonds is 4. The molecule has 1 aromatic rings. The molecule has 158 valence electrons. The first kappa shape index (κ1) is 20.0. The van der Waals surface area contributed by atoms with Crippen molar-refractivity contribution in [3.63, 3.8) is 0 Å². The number of piperidine rings is 2. The molecule has 7 nitrogen and oxygen atoms in total. The fraction of sp³-hybridized carbons (Fsp3) is 0.682. The molecule has 2 saturated heterocycles. The molecule has 4 rings (SSSR count). The molecule has 0 aromatic carbocycles. The minimum absolute atomic E-state index is 0.128. The van der Waals surface area contributed by atoms with E-state index in [2.05, 4.69) is 17.4 Å². The van der Waals surface area contributed by atoms with Crippen molar-refractivity contribution in [3.05, 3.63) is 23.4 Å². The largest absolute Gasteiger partial charge is 0.481 e. The summed E-state index contributed by atoms with van der Waals surface area (Å²) in [4.78, 5) is 32.6. The van der Waals surface area contributed by atoms with Gasteiger partial charge in [0.15, 0.2) is 0 Å². The quantitative estimate of drug-likeness (QED) is 0.810. The predicted molar refractivity (Wildman–Crippen MR) is 111 cm³/mol. The summed E-state index contributed by atoms with van der Waals surface area (Å²) in [6, 6.07) is 4.52. The van der Waals surface area contributed by atoms with Crippen LogP contribution >= 0.6 is 0 Å². The van der Waals surface area contributed by atoms with Gasteiger partial charge in [-0.1, -0.05) is 6.07 Å². The number of nitrogens with one attached hydrogen (secondary N) is 1. The predicted octanol–water partition coefficient (Wildman–Crippen LogP) is 3.32. The van der Waals surface area contributed by atoms with Crippen molar-refractivity contribution >= 4 is 17.8 Å². The van der Waals surface area contributed by atoms with Crippen LogP contribution in [0.1, 0.15) is 62.1 Å². The van der Waals surface area contributed by atoms with Crippen molar-refractivity contribution in [1.29, 1.82) is 0 Å². The van der Waals surface area contributed by atoms with E-state index in [0.717, 1.165) is 69.8 Å². The summed E-state index contributed by atoms with van der Waals surface area (Å²) in [5.74, 6) is 1.03. The number of likely N-dealkylation sites (tertiary alicyclic amines) is 2. The average Bonchev–Trinajstić information content (AvgIpc) is 2.77. The van der Waals surface area contributed by atoms with Crippen LogP contribution in [-0.4, -0.2) is 64.6 Å². The zero-order valence-corrected chi connectivity index (χ0v) is 17.1. The number of carboxylic acids is 1. The van der Waals surface area contributed by atoms with Gasteiger partial charge in [0.05, 0.1) is 0 Å². The first-order valence-electron chi connectivity index (χ1n) is 11.1. The topological polar surface area (TPSA) is 85.8 Å². The summed E-state index contributed by atoms with van der Waals surface area (Å²) in [5.41, 5.74) is 2.46. The lowest BCUT2D eigenvalue weighted by molar-refractivity contribution is -0.137. The lowest BCUT2D eigenvalue weighted by Crippen LogP contribution is -2.49. The fourth-order valence-electron chi connectivity index (χ4n) is 4.94. The molecule has 1 aromatic heterocycles. The van der Waals surface area contributed by atoms with Gasteiger partial charge in [0, 0.05) is 50.8 Å². The summed E-state index contributed by atoms with van der Waals surface area (Å²) >= 11 is 0. The van der Waals surface area contributed by atoms with Gasteiger partial charge >= 0.3 is 12.0 Å². The highest BCUT2D eigenvalue weighted by Gasteiger charge is 2.30. The van der Waals surface area contributed by atoms with Crippen molar-refractivity contribution in [1.82, 2.24) is 14.8 Å². The van der Waals surface area contributed by atoms with Crippen LogP contribution in [0.2, 0.25) is 0 Å². The van der Waals surface area contributed by atoms with Gasteiger partial charge in [0.2, 0.25) is 0 Å². The Bertz CT molecular complexity index is 746. The van der Waals surface area contributed by atoms with Gasteiger partial charge in [-0.05, 0) is 62.5 Å². The standard InChI is InChI=1S/C22H32N4O3/c27-20(28)8-5-16-3-2-12-26(15-16)22(29)25-13-9-17(10-14-25)19-7-6-18-4-1-11-23-21(18)24-19/h6-7,16-17H,1-5,8-15H2,(H,23,24)(H,27,28). The molecule has 2 N–H and O–H groups in total. The second-order valence-corrected chi connectivity index (χ2v) is 8.70. The molecular formula is C22H32N4O3. The number of pyridine rings is 1. The van der Waals surface area contributed by atoms with Crippen LogP contribution in [0.4, 0.5) is 10.6 Å². The van der Waals surface area contributed by atoms with Crippen LogP contribution in [-0.2, 0) is 11.2 Å². The number of aromatic nitrogens is 1. The number of amides is 2. The van der Waals surface area contributed by atoms with E-state index in [1.54, 1.807) is 0 Å². The van der Waals surface area contributed by atoms with Crippen molar-refractivity contribution in [3.8, 4) is 0 Å². The van der Waals surface area contributed by atoms with Crippen molar-refractivity contribution in [2.45, 2.75) is 57.3 Å². The molecule has 3 aliphatic rings. The molecule has 2 fully saturated rings. The molecule has 0 spiro atoms. The highest BCUT2D eigenvalue weighted by molar-refractivity contribution is 5.74. The lowest BCUT2D eigenvalue weighted by atomic mass is 9.91. The third kappa shape index (κ3) is 4.82. The second kappa shape index (κ2) is 9.01. The number of aliphatic carboxylic acids is 1. The number of fused-ring (bicyclic) bond motifs is 1. The van der Waals surface area contributed by atoms with E-state index < -0.39 is 5.97 Å². The number of hydrogen-bond donors (Lipinski definition) is 2. The Kier molecular flexibility index (Phi) is 6.21. The molecule has 2 amide bonds. The van der Waals surface area contributed by atoms with E-state index in [0.29, 0.717) is 24.8 Å². The molecule has 0 saturated carbocycles. The van der Waals surface area contributed by atoms with Crippen LogP contribution in [0.5, 0.6) is 0 Å². The van der Waals surface area contributed by atoms with Crippen molar-refractivity contribution in [2.24, 2.45) is 5.92 Å². The van der Waals surface area contributed by atoms with Gasteiger partial charge in [0.25, 0.3) is 0 Å². The maximum absolute atomic E-state index is 13.0. The molecule has 7 heteroatoms. The minimum Gasteiger partial charge on any atom is -0.481 e. The average molecular weight is 401 g/mol. The SMILES string of the molecule is O=C(O)CCC1CCCN(C(=O)N2CCC(c3ccc4c(n3)NCCC4)CC2)C1. The number of aryl methyl sites for hydroxylation is 1. The molecule has 0 bridgehead atoms. The maximum Gasteiger partial charge on any atom is 0.320 e. The third-order valence-corrected chi connectivity index (χ3v) is 6.66. The third-order valence-electron chi connectivity index (χ3n) is 6.66. The smallest absolute Gasteiger partial charge is 0.320 e. The summed E-state index contributed by atoms with van der Waals surface area (Å²) in [5, 5.41) is 12.3. The molecule has 1 atom stereocenters. The molecule has 1 unspecified atom stereocenters. The van der Waals surface area contributed by atoms with Gasteiger partial charge in [-0.15, -0.1) is 0 Å². The monoisotopic (exact) mass is 400 g/mol. The van der Waals surface area contributed by atoms with Crippen molar-refractivity contribution in [2.75, 3.05) is 38.0 Å². The Hall–Kier alpha value is -2.31. The number of nitrogens with zero attached hydrogens (tertiary/aromatic N) is 3. The van der Waals surface area contributed by atoms with Crippen LogP contribution in [0.15, 0.2) is 12.1 Å². The zero-order valence-electron chi connectivity index (χ0n) is 17.1.